The minimum atomic E-state index is -1.13. The highest BCUT2D eigenvalue weighted by atomic mass is 16.5. The third-order valence-electron chi connectivity index (χ3n) is 18.2. The van der Waals surface area contributed by atoms with Crippen LogP contribution in [-0.4, -0.2) is 186 Å². The largest absolute Gasteiger partial charge is 0.380 e. The molecule has 604 valence electrons. The third kappa shape index (κ3) is 42.9. The van der Waals surface area contributed by atoms with Crippen molar-refractivity contribution in [2.24, 2.45) is 66.0 Å². The van der Waals surface area contributed by atoms with E-state index < -0.39 is 56.1 Å². The molecule has 104 heavy (non-hydrogen) atoms. The minimum Gasteiger partial charge on any atom is -0.380 e. The molecule has 1 rings (SSSR count). The van der Waals surface area contributed by atoms with Crippen LogP contribution in [0.1, 0.15) is 264 Å². The number of imide groups is 1. The number of rotatable bonds is 52. The molecule has 0 aliphatic carbocycles. The third-order valence-corrected chi connectivity index (χ3v) is 18.2. The van der Waals surface area contributed by atoms with Crippen molar-refractivity contribution in [3.63, 3.8) is 0 Å². The second-order valence-corrected chi connectivity index (χ2v) is 39.7. The topological polar surface area (TPSA) is 316 Å². The summed E-state index contributed by atoms with van der Waals surface area (Å²) in [5.74, 6) is -2.78. The summed E-state index contributed by atoms with van der Waals surface area (Å²) >= 11 is 0. The summed E-state index contributed by atoms with van der Waals surface area (Å²) in [5, 5.41) is 23.9. The van der Waals surface area contributed by atoms with E-state index in [0.717, 1.165) is 19.3 Å². The van der Waals surface area contributed by atoms with E-state index in [1.54, 1.807) is 0 Å². The molecule has 1 heterocycles. The molecule has 1 unspecified atom stereocenters. The summed E-state index contributed by atoms with van der Waals surface area (Å²) in [5.41, 5.74) is -5.88. The Kier molecular flexibility index (Phi) is 38.4. The summed E-state index contributed by atoms with van der Waals surface area (Å²) in [6, 6.07) is -1.13. The van der Waals surface area contributed by atoms with Crippen LogP contribution in [0.25, 0.3) is 0 Å². The maximum Gasteiger partial charge on any atom is 0.242 e. The standard InChI is InChI=1S/C80H149N9O15/c1-29-30-57-37-64(95)89(67(57)98)36-33-60(91)81-41-73(13,14)49-100-48-70(7,8)40-63(94)88-58(31-32-59(90)84-46-79(25,26)103-54-71(9,10)38-61(92)82-42-74(15,16)50-101-52-76(19,20)44-85-65(96)56(2)3)66(97)86-47-80(27,28)104-55-72(11,12)39-62(93)83-43-75(17,18)51-102-53-77(21,22)45-87-68(99)78(23,24)35-34-69(4,5)6/h56-58H,29-55H2,1-28H3,(H,81,91)(H,82,92)(H,83,93)(H,84,90)(H,85,96)(H,86,97)(H,87,99)(H,88,94)/t57?,58-/m0/s1. The van der Waals surface area contributed by atoms with Crippen LogP contribution in [-0.2, 0) is 71.6 Å². The average molecular weight is 1480 g/mol. The first-order valence-electron chi connectivity index (χ1n) is 38.2. The highest BCUT2D eigenvalue weighted by Crippen LogP contribution is 2.33. The minimum absolute atomic E-state index is 0.00399. The molecule has 0 saturated carbocycles. The average Bonchev–Trinajstić information content (AvgIpc) is 1.50. The molecule has 1 aliphatic rings. The highest BCUT2D eigenvalue weighted by molar-refractivity contribution is 6.03. The summed E-state index contributed by atoms with van der Waals surface area (Å²) in [6.07, 6.45) is 3.47. The van der Waals surface area contributed by atoms with Crippen LogP contribution in [0.4, 0.5) is 0 Å². The van der Waals surface area contributed by atoms with Crippen molar-refractivity contribution in [2.45, 2.75) is 282 Å². The van der Waals surface area contributed by atoms with E-state index in [2.05, 4.69) is 77.2 Å². The van der Waals surface area contributed by atoms with Crippen LogP contribution >= 0.6 is 0 Å². The Morgan fingerprint density at radius 2 is 0.779 bits per heavy atom. The lowest BCUT2D eigenvalue weighted by molar-refractivity contribution is -0.140. The Bertz CT molecular complexity index is 2780. The summed E-state index contributed by atoms with van der Waals surface area (Å²) in [6.45, 7) is 59.7. The number of carbonyl (C=O) groups excluding carboxylic acids is 10. The smallest absolute Gasteiger partial charge is 0.242 e. The van der Waals surface area contributed by atoms with Gasteiger partial charge in [0.15, 0.2) is 0 Å². The van der Waals surface area contributed by atoms with Gasteiger partial charge in [0.1, 0.15) is 6.04 Å². The second kappa shape index (κ2) is 41.3. The zero-order valence-electron chi connectivity index (χ0n) is 70.4. The van der Waals surface area contributed by atoms with Crippen molar-refractivity contribution >= 4 is 59.1 Å². The lowest BCUT2D eigenvalue weighted by Gasteiger charge is -2.33. The molecule has 1 aliphatic heterocycles. The molecule has 1 fully saturated rings. The van der Waals surface area contributed by atoms with Gasteiger partial charge in [-0.2, -0.15) is 0 Å². The van der Waals surface area contributed by atoms with Gasteiger partial charge in [0, 0.05) is 135 Å². The van der Waals surface area contributed by atoms with Gasteiger partial charge in [-0.25, -0.2) is 0 Å². The molecule has 1 saturated heterocycles. The quantitative estimate of drug-likeness (QED) is 0.0263. The Morgan fingerprint density at radius 3 is 1.20 bits per heavy atom. The lowest BCUT2D eigenvalue weighted by Crippen LogP contribution is -2.51. The molecule has 0 radical (unpaired) electrons. The number of amides is 10. The van der Waals surface area contributed by atoms with Crippen LogP contribution < -0.4 is 42.5 Å². The van der Waals surface area contributed by atoms with Gasteiger partial charge in [-0.15, -0.1) is 0 Å². The number of hydrogen-bond donors (Lipinski definition) is 8. The van der Waals surface area contributed by atoms with Gasteiger partial charge in [0.25, 0.3) is 0 Å². The molecule has 0 spiro atoms. The fourth-order valence-electron chi connectivity index (χ4n) is 10.9. The van der Waals surface area contributed by atoms with Gasteiger partial charge in [-0.3, -0.25) is 52.8 Å². The lowest BCUT2D eigenvalue weighted by atomic mass is 9.79. The van der Waals surface area contributed by atoms with Gasteiger partial charge in [-0.05, 0) is 75.0 Å². The Balaban J connectivity index is 3.02. The van der Waals surface area contributed by atoms with E-state index in [-0.39, 0.29) is 184 Å². The van der Waals surface area contributed by atoms with Gasteiger partial charge in [-0.1, -0.05) is 173 Å². The number of carbonyl (C=O) groups is 10. The molecule has 2 atom stereocenters. The van der Waals surface area contributed by atoms with E-state index >= 15 is 0 Å². The van der Waals surface area contributed by atoms with Crippen LogP contribution in [0.3, 0.4) is 0 Å². The number of nitrogens with one attached hydrogen (secondary N) is 8. The van der Waals surface area contributed by atoms with Crippen molar-refractivity contribution in [1.82, 2.24) is 47.4 Å². The Hall–Kier alpha value is -5.30. The number of hydrogen-bond acceptors (Lipinski definition) is 15. The van der Waals surface area contributed by atoms with Gasteiger partial charge in [0.05, 0.1) is 64.1 Å². The van der Waals surface area contributed by atoms with Crippen molar-refractivity contribution in [3.8, 4) is 0 Å². The molecular formula is C80H149N9O15. The van der Waals surface area contributed by atoms with E-state index in [0.29, 0.717) is 59.0 Å². The molecule has 0 aromatic carbocycles. The maximum absolute atomic E-state index is 14.3. The Morgan fingerprint density at radius 1 is 0.423 bits per heavy atom. The predicted molar refractivity (Wildman–Crippen MR) is 411 cm³/mol. The van der Waals surface area contributed by atoms with Crippen molar-refractivity contribution in [1.29, 1.82) is 0 Å². The van der Waals surface area contributed by atoms with E-state index in [1.165, 1.54) is 4.90 Å². The molecule has 24 nitrogen and oxygen atoms in total. The fraction of sp³-hybridized carbons (Fsp3) is 0.875. The summed E-state index contributed by atoms with van der Waals surface area (Å²) in [4.78, 5) is 133. The first-order chi connectivity index (χ1) is 47.1. The highest BCUT2D eigenvalue weighted by Gasteiger charge is 2.39. The second-order valence-electron chi connectivity index (χ2n) is 39.7. The van der Waals surface area contributed by atoms with Gasteiger partial charge < -0.3 is 66.2 Å². The zero-order valence-corrected chi connectivity index (χ0v) is 70.4. The van der Waals surface area contributed by atoms with Gasteiger partial charge >= 0.3 is 0 Å². The van der Waals surface area contributed by atoms with Crippen molar-refractivity contribution < 1.29 is 71.6 Å². The summed E-state index contributed by atoms with van der Waals surface area (Å²) < 4.78 is 31.2. The SMILES string of the molecule is CCCC1CC(=O)N(CCC(=O)NCC(C)(C)COCC(C)(C)CC(=O)N[C@@H](CCC(=O)NCC(C)(C)OCC(C)(C)CC(=O)NCC(C)(C)COCC(C)(C)CNC(=O)C(C)C)C(=O)NCC(C)(C)OCC(C)(C)CC(=O)NCC(C)(C)COCC(C)(C)CNC(=O)C(C)(C)CCC(C)(C)C)C1=O. The van der Waals surface area contributed by atoms with E-state index in [4.69, 9.17) is 23.7 Å². The molecule has 0 bridgehead atoms. The first-order valence-corrected chi connectivity index (χ1v) is 38.2. The monoisotopic (exact) mass is 1480 g/mol. The zero-order chi connectivity index (χ0) is 80.4. The maximum atomic E-state index is 14.3. The molecule has 0 aromatic heterocycles. The van der Waals surface area contributed by atoms with Crippen LogP contribution in [0.15, 0.2) is 0 Å². The normalized spacial score (nSPS) is 15.2. The molecular weight excluding hydrogens is 1330 g/mol. The number of likely N-dealkylation sites (tertiary alicyclic amines) is 1. The van der Waals surface area contributed by atoms with Crippen molar-refractivity contribution in [3.05, 3.63) is 0 Å². The predicted octanol–water partition coefficient (Wildman–Crippen LogP) is 10.2. The molecule has 24 heteroatoms. The number of ether oxygens (including phenoxy) is 5. The van der Waals surface area contributed by atoms with Gasteiger partial charge in [0.2, 0.25) is 59.1 Å². The molecule has 8 N–H and O–H groups in total. The fourth-order valence-corrected chi connectivity index (χ4v) is 10.9. The van der Waals surface area contributed by atoms with Crippen LogP contribution in [0.2, 0.25) is 0 Å². The van der Waals surface area contributed by atoms with Crippen molar-refractivity contribution in [2.75, 3.05) is 105 Å². The molecule has 10 amide bonds. The molecule has 0 aromatic rings. The van der Waals surface area contributed by atoms with Crippen LogP contribution in [0.5, 0.6) is 0 Å². The van der Waals surface area contributed by atoms with Crippen LogP contribution in [0, 0.1) is 66.0 Å². The summed E-state index contributed by atoms with van der Waals surface area (Å²) in [7, 11) is 0. The Labute approximate surface area is 628 Å². The number of nitrogens with zero attached hydrogens (tertiary/aromatic N) is 1. The first kappa shape index (κ1) is 96.7. The van der Waals surface area contributed by atoms with E-state index in [1.807, 2.05) is 159 Å². The van der Waals surface area contributed by atoms with E-state index in [9.17, 15) is 47.9 Å².